The van der Waals surface area contributed by atoms with Crippen molar-refractivity contribution in [3.63, 3.8) is 0 Å². The maximum absolute atomic E-state index is 12.7. The van der Waals surface area contributed by atoms with Crippen LogP contribution in [0.2, 0.25) is 0 Å². The monoisotopic (exact) mass is 333 g/mol. The molecule has 23 heavy (non-hydrogen) atoms. The largest absolute Gasteiger partial charge is 0.393 e. The summed E-state index contributed by atoms with van der Waals surface area (Å²) < 4.78 is 2.03. The number of aromatic nitrogens is 2. The molecule has 0 bridgehead atoms. The zero-order valence-corrected chi connectivity index (χ0v) is 14.4. The molecule has 1 aromatic heterocycles. The van der Waals surface area contributed by atoms with Gasteiger partial charge in [-0.25, -0.2) is 4.98 Å². The van der Waals surface area contributed by atoms with Crippen LogP contribution in [0.15, 0.2) is 24.3 Å². The predicted molar refractivity (Wildman–Crippen MR) is 93.3 cm³/mol. The Morgan fingerprint density at radius 1 is 1.48 bits per heavy atom. The summed E-state index contributed by atoms with van der Waals surface area (Å²) in [7, 11) is 0. The minimum Gasteiger partial charge on any atom is -0.393 e. The van der Waals surface area contributed by atoms with Gasteiger partial charge in [-0.05, 0) is 31.7 Å². The van der Waals surface area contributed by atoms with Crippen LogP contribution in [0, 0.1) is 5.92 Å². The summed E-state index contributed by atoms with van der Waals surface area (Å²) in [5, 5.41) is 9.71. The SMILES string of the molecule is CSCc1nc2ccccc2n1CC(=O)N1CCC(C(C)O)C1. The molecule has 1 aliphatic rings. The molecule has 1 saturated heterocycles. The summed E-state index contributed by atoms with van der Waals surface area (Å²) >= 11 is 1.71. The Morgan fingerprint density at radius 3 is 2.96 bits per heavy atom. The average molecular weight is 333 g/mol. The van der Waals surface area contributed by atoms with Crippen LogP contribution >= 0.6 is 11.8 Å². The lowest BCUT2D eigenvalue weighted by Crippen LogP contribution is -2.33. The van der Waals surface area contributed by atoms with Gasteiger partial charge >= 0.3 is 0 Å². The molecule has 1 N–H and O–H groups in total. The van der Waals surface area contributed by atoms with Crippen molar-refractivity contribution in [1.29, 1.82) is 0 Å². The number of hydrogen-bond donors (Lipinski definition) is 1. The molecule has 124 valence electrons. The maximum atomic E-state index is 12.7. The van der Waals surface area contributed by atoms with Crippen molar-refractivity contribution in [2.75, 3.05) is 19.3 Å². The van der Waals surface area contributed by atoms with Crippen LogP contribution in [-0.2, 0) is 17.1 Å². The lowest BCUT2D eigenvalue weighted by Gasteiger charge is -2.19. The van der Waals surface area contributed by atoms with Gasteiger partial charge in [0.1, 0.15) is 12.4 Å². The van der Waals surface area contributed by atoms with Gasteiger partial charge in [0.25, 0.3) is 0 Å². The molecule has 2 aromatic rings. The van der Waals surface area contributed by atoms with Crippen LogP contribution in [0.1, 0.15) is 19.2 Å². The Kier molecular flexibility index (Phi) is 4.92. The first-order chi connectivity index (χ1) is 11.1. The van der Waals surface area contributed by atoms with Gasteiger partial charge in [0.05, 0.1) is 22.9 Å². The number of carbonyl (C=O) groups excluding carboxylic acids is 1. The molecule has 0 saturated carbocycles. The van der Waals surface area contributed by atoms with Crippen LogP contribution in [0.25, 0.3) is 11.0 Å². The van der Waals surface area contributed by atoms with Crippen molar-refractivity contribution in [3.8, 4) is 0 Å². The van der Waals surface area contributed by atoms with Gasteiger partial charge in [-0.2, -0.15) is 11.8 Å². The van der Waals surface area contributed by atoms with E-state index in [1.807, 2.05) is 40.0 Å². The highest BCUT2D eigenvalue weighted by Gasteiger charge is 2.29. The topological polar surface area (TPSA) is 58.4 Å². The molecule has 6 heteroatoms. The molecule has 1 aromatic carbocycles. The Balaban J connectivity index is 1.80. The molecule has 2 unspecified atom stereocenters. The van der Waals surface area contributed by atoms with E-state index in [2.05, 4.69) is 4.98 Å². The first kappa shape index (κ1) is 16.3. The molecule has 0 radical (unpaired) electrons. The van der Waals surface area contributed by atoms with Gasteiger partial charge in [-0.15, -0.1) is 0 Å². The molecule has 3 rings (SSSR count). The van der Waals surface area contributed by atoms with Gasteiger partial charge in [0.2, 0.25) is 5.91 Å². The number of hydrogen-bond acceptors (Lipinski definition) is 4. The van der Waals surface area contributed by atoms with Crippen molar-refractivity contribution in [2.45, 2.75) is 31.7 Å². The minimum atomic E-state index is -0.353. The summed E-state index contributed by atoms with van der Waals surface area (Å²) in [5.41, 5.74) is 1.95. The molecule has 1 amide bonds. The highest BCUT2D eigenvalue weighted by molar-refractivity contribution is 7.97. The fourth-order valence-corrected chi connectivity index (χ4v) is 3.66. The van der Waals surface area contributed by atoms with Crippen molar-refractivity contribution in [2.24, 2.45) is 5.92 Å². The first-order valence-electron chi connectivity index (χ1n) is 7.99. The van der Waals surface area contributed by atoms with Crippen molar-refractivity contribution in [1.82, 2.24) is 14.5 Å². The molecular weight excluding hydrogens is 310 g/mol. The second-order valence-corrected chi connectivity index (χ2v) is 7.03. The van der Waals surface area contributed by atoms with Gasteiger partial charge in [0, 0.05) is 19.0 Å². The highest BCUT2D eigenvalue weighted by atomic mass is 32.2. The summed E-state index contributed by atoms with van der Waals surface area (Å²) in [6.07, 6.45) is 2.57. The van der Waals surface area contributed by atoms with E-state index in [9.17, 15) is 9.90 Å². The number of fused-ring (bicyclic) bond motifs is 1. The van der Waals surface area contributed by atoms with E-state index >= 15 is 0 Å². The molecule has 0 spiro atoms. The summed E-state index contributed by atoms with van der Waals surface area (Å²) in [4.78, 5) is 19.2. The Bertz CT molecular complexity index is 698. The summed E-state index contributed by atoms with van der Waals surface area (Å²) in [6, 6.07) is 7.95. The highest BCUT2D eigenvalue weighted by Crippen LogP contribution is 2.22. The fourth-order valence-electron chi connectivity index (χ4n) is 3.18. The molecular formula is C17H23N3O2S. The first-order valence-corrected chi connectivity index (χ1v) is 9.38. The number of amides is 1. The van der Waals surface area contributed by atoms with Crippen LogP contribution < -0.4 is 0 Å². The van der Waals surface area contributed by atoms with Crippen molar-refractivity contribution in [3.05, 3.63) is 30.1 Å². The average Bonchev–Trinajstić information content (AvgIpc) is 3.14. The molecule has 0 aliphatic carbocycles. The number of para-hydroxylation sites is 2. The molecule has 2 atom stereocenters. The van der Waals surface area contributed by atoms with Crippen LogP contribution in [0.4, 0.5) is 0 Å². The number of aliphatic hydroxyl groups is 1. The lowest BCUT2D eigenvalue weighted by molar-refractivity contribution is -0.131. The third-order valence-electron chi connectivity index (χ3n) is 4.56. The third-order valence-corrected chi connectivity index (χ3v) is 5.11. The standard InChI is InChI=1S/C17H23N3O2S/c1-12(21)13-7-8-19(9-13)17(22)10-20-15-6-4-3-5-14(15)18-16(20)11-23-2/h3-6,12-13,21H,7-11H2,1-2H3. The third kappa shape index (κ3) is 3.38. The zero-order chi connectivity index (χ0) is 16.4. The van der Waals surface area contributed by atoms with Gasteiger partial charge in [-0.1, -0.05) is 12.1 Å². The van der Waals surface area contributed by atoms with E-state index in [1.54, 1.807) is 18.7 Å². The van der Waals surface area contributed by atoms with E-state index in [0.29, 0.717) is 13.1 Å². The van der Waals surface area contributed by atoms with E-state index in [4.69, 9.17) is 0 Å². The Morgan fingerprint density at radius 2 is 2.26 bits per heavy atom. The fraction of sp³-hybridized carbons (Fsp3) is 0.529. The van der Waals surface area contributed by atoms with Crippen LogP contribution in [0.3, 0.4) is 0 Å². The number of carbonyl (C=O) groups is 1. The lowest BCUT2D eigenvalue weighted by atomic mass is 10.0. The number of likely N-dealkylation sites (tertiary alicyclic amines) is 1. The maximum Gasteiger partial charge on any atom is 0.242 e. The summed E-state index contributed by atoms with van der Waals surface area (Å²) in [6.45, 7) is 3.52. The summed E-state index contributed by atoms with van der Waals surface area (Å²) in [5.74, 6) is 2.04. The number of imidazole rings is 1. The molecule has 5 nitrogen and oxygen atoms in total. The molecule has 1 aliphatic heterocycles. The van der Waals surface area contributed by atoms with Gasteiger partial charge in [0.15, 0.2) is 0 Å². The Labute approximate surface area is 140 Å². The zero-order valence-electron chi connectivity index (χ0n) is 13.6. The smallest absolute Gasteiger partial charge is 0.242 e. The number of aliphatic hydroxyl groups excluding tert-OH is 1. The minimum absolute atomic E-state index is 0.110. The Hall–Kier alpha value is -1.53. The van der Waals surface area contributed by atoms with E-state index in [-0.39, 0.29) is 17.9 Å². The van der Waals surface area contributed by atoms with Gasteiger partial charge < -0.3 is 14.6 Å². The molecule has 1 fully saturated rings. The van der Waals surface area contributed by atoms with Gasteiger partial charge in [-0.3, -0.25) is 4.79 Å². The molecule has 2 heterocycles. The van der Waals surface area contributed by atoms with E-state index in [0.717, 1.165) is 35.6 Å². The van der Waals surface area contributed by atoms with Crippen LogP contribution in [0.5, 0.6) is 0 Å². The second kappa shape index (κ2) is 6.93. The van der Waals surface area contributed by atoms with Crippen molar-refractivity contribution < 1.29 is 9.90 Å². The normalized spacial score (nSPS) is 19.4. The van der Waals surface area contributed by atoms with Crippen molar-refractivity contribution >= 4 is 28.7 Å². The number of thioether (sulfide) groups is 1. The quantitative estimate of drug-likeness (QED) is 0.911. The number of rotatable bonds is 5. The van der Waals surface area contributed by atoms with E-state index < -0.39 is 0 Å². The van der Waals surface area contributed by atoms with Crippen LogP contribution in [-0.4, -0.2) is 50.9 Å². The number of nitrogens with zero attached hydrogens (tertiary/aromatic N) is 3. The second-order valence-electron chi connectivity index (χ2n) is 6.17. The number of benzene rings is 1. The predicted octanol–water partition coefficient (Wildman–Crippen LogP) is 2.13. The van der Waals surface area contributed by atoms with E-state index in [1.165, 1.54) is 0 Å².